The van der Waals surface area contributed by atoms with Crippen LogP contribution in [-0.2, 0) is 22.5 Å². The summed E-state index contributed by atoms with van der Waals surface area (Å²) in [6, 6.07) is 17.2. The van der Waals surface area contributed by atoms with Gasteiger partial charge < -0.3 is 14.3 Å². The summed E-state index contributed by atoms with van der Waals surface area (Å²) >= 11 is 0. The fraction of sp³-hybridized carbons (Fsp3) is 0.333. The Kier molecular flexibility index (Phi) is 9.29. The molecule has 2 aromatic carbocycles. The normalized spacial score (nSPS) is 11.7. The van der Waals surface area contributed by atoms with E-state index in [4.69, 9.17) is 14.0 Å². The number of benzene rings is 2. The quantitative estimate of drug-likeness (QED) is 0.196. The largest absolute Gasteiger partial charge is 0.493 e. The first kappa shape index (κ1) is 25.1. The van der Waals surface area contributed by atoms with Crippen LogP contribution in [-0.4, -0.2) is 29.3 Å². The Balaban J connectivity index is 1.53. The number of oxazole rings is 1. The number of carbonyl (C=O) groups is 1. The molecule has 0 amide bonds. The molecule has 2 N–H and O–H groups in total. The van der Waals surface area contributed by atoms with Crippen LogP contribution in [0.3, 0.4) is 0 Å². The fourth-order valence-corrected chi connectivity index (χ4v) is 3.34. The van der Waals surface area contributed by atoms with Gasteiger partial charge in [0, 0.05) is 24.1 Å². The zero-order chi connectivity index (χ0) is 24.3. The number of hydroxylamine groups is 1. The highest BCUT2D eigenvalue weighted by molar-refractivity contribution is 5.87. The number of unbranched alkanes of at least 4 members (excludes halogenated alkanes) is 1. The second-order valence-corrected chi connectivity index (χ2v) is 8.02. The average molecular weight is 465 g/mol. The van der Waals surface area contributed by atoms with Crippen LogP contribution in [0.1, 0.15) is 43.7 Å². The molecule has 0 radical (unpaired) electrons. The first-order valence-corrected chi connectivity index (χ1v) is 11.5. The van der Waals surface area contributed by atoms with Gasteiger partial charge in [-0.1, -0.05) is 43.7 Å². The third kappa shape index (κ3) is 7.22. The lowest BCUT2D eigenvalue weighted by atomic mass is 10.0. The molecule has 0 spiro atoms. The summed E-state index contributed by atoms with van der Waals surface area (Å²) in [6.07, 6.45) is 2.83. The standard InChI is InChI=1S/C27H32N2O5/c1-4-5-16-33-29-19(2)24(27(30)31)18-21-11-13-23(14-12-21)32-17-15-25-20(3)34-26(28-25)22-9-7-6-8-10-22/h6-14,29H,4-5,15-18H2,1-3H3,(H,30,31). The smallest absolute Gasteiger partial charge is 0.333 e. The van der Waals surface area contributed by atoms with Gasteiger partial charge in [0.25, 0.3) is 0 Å². The summed E-state index contributed by atoms with van der Waals surface area (Å²) in [5.41, 5.74) is 6.21. The number of hydrogen-bond donors (Lipinski definition) is 2. The second kappa shape index (κ2) is 12.6. The topological polar surface area (TPSA) is 93.8 Å². The molecule has 0 fully saturated rings. The fourth-order valence-electron chi connectivity index (χ4n) is 3.34. The van der Waals surface area contributed by atoms with Gasteiger partial charge in [-0.2, -0.15) is 0 Å². The Morgan fingerprint density at radius 2 is 1.82 bits per heavy atom. The van der Waals surface area contributed by atoms with Gasteiger partial charge in [0.2, 0.25) is 5.89 Å². The lowest BCUT2D eigenvalue weighted by Crippen LogP contribution is -2.19. The van der Waals surface area contributed by atoms with E-state index in [0.29, 0.717) is 37.0 Å². The van der Waals surface area contributed by atoms with Crippen LogP contribution in [0.5, 0.6) is 5.75 Å². The minimum absolute atomic E-state index is 0.265. The third-order valence-corrected chi connectivity index (χ3v) is 5.36. The summed E-state index contributed by atoms with van der Waals surface area (Å²) in [4.78, 5) is 21.6. The monoisotopic (exact) mass is 464 g/mol. The van der Waals surface area contributed by atoms with E-state index in [9.17, 15) is 9.90 Å². The third-order valence-electron chi connectivity index (χ3n) is 5.36. The molecule has 0 unspecified atom stereocenters. The highest BCUT2D eigenvalue weighted by atomic mass is 16.6. The number of aliphatic carboxylic acids is 1. The van der Waals surface area contributed by atoms with Crippen LogP contribution in [0.2, 0.25) is 0 Å². The van der Waals surface area contributed by atoms with E-state index in [1.165, 1.54) is 0 Å². The predicted molar refractivity (Wildman–Crippen MR) is 130 cm³/mol. The number of ether oxygens (including phenoxy) is 1. The van der Waals surface area contributed by atoms with Crippen molar-refractivity contribution >= 4 is 5.97 Å². The Bertz CT molecular complexity index is 1090. The van der Waals surface area contributed by atoms with Crippen molar-refractivity contribution in [2.45, 2.75) is 46.5 Å². The number of aryl methyl sites for hydroxylation is 1. The maximum absolute atomic E-state index is 11.7. The number of hydrogen-bond acceptors (Lipinski definition) is 6. The molecule has 0 atom stereocenters. The lowest BCUT2D eigenvalue weighted by Gasteiger charge is -2.12. The molecule has 7 nitrogen and oxygen atoms in total. The van der Waals surface area contributed by atoms with Gasteiger partial charge >= 0.3 is 5.97 Å². The van der Waals surface area contributed by atoms with Crippen molar-refractivity contribution in [3.8, 4) is 17.2 Å². The Labute approximate surface area is 200 Å². The summed E-state index contributed by atoms with van der Waals surface area (Å²) in [5.74, 6) is 1.14. The predicted octanol–water partition coefficient (Wildman–Crippen LogP) is 5.49. The minimum atomic E-state index is -0.970. The molecule has 180 valence electrons. The molecule has 0 saturated carbocycles. The molecule has 0 aliphatic rings. The van der Waals surface area contributed by atoms with Crippen LogP contribution in [0.4, 0.5) is 0 Å². The van der Waals surface area contributed by atoms with E-state index in [2.05, 4.69) is 17.4 Å². The Morgan fingerprint density at radius 1 is 1.09 bits per heavy atom. The molecule has 3 rings (SSSR count). The second-order valence-electron chi connectivity index (χ2n) is 8.02. The summed E-state index contributed by atoms with van der Waals surface area (Å²) in [7, 11) is 0. The number of nitrogens with zero attached hydrogens (tertiary/aromatic N) is 1. The van der Waals surface area contributed by atoms with Crippen LogP contribution in [0.15, 0.2) is 70.3 Å². The van der Waals surface area contributed by atoms with E-state index < -0.39 is 5.97 Å². The van der Waals surface area contributed by atoms with Gasteiger partial charge in [0.1, 0.15) is 11.5 Å². The zero-order valence-electron chi connectivity index (χ0n) is 20.0. The van der Waals surface area contributed by atoms with Crippen molar-refractivity contribution in [2.75, 3.05) is 13.2 Å². The molecule has 7 heteroatoms. The molecular weight excluding hydrogens is 432 g/mol. The van der Waals surface area contributed by atoms with E-state index in [1.807, 2.05) is 61.5 Å². The first-order chi connectivity index (χ1) is 16.5. The van der Waals surface area contributed by atoms with Crippen LogP contribution in [0, 0.1) is 6.92 Å². The Hall–Kier alpha value is -3.58. The zero-order valence-corrected chi connectivity index (χ0v) is 20.0. The van der Waals surface area contributed by atoms with Gasteiger partial charge in [-0.15, -0.1) is 0 Å². The number of nitrogens with one attached hydrogen (secondary N) is 1. The van der Waals surface area contributed by atoms with Crippen molar-refractivity contribution in [1.29, 1.82) is 0 Å². The molecular formula is C27H32N2O5. The molecule has 3 aromatic rings. The highest BCUT2D eigenvalue weighted by Crippen LogP contribution is 2.22. The first-order valence-electron chi connectivity index (χ1n) is 11.5. The molecule has 0 saturated heterocycles. The lowest BCUT2D eigenvalue weighted by molar-refractivity contribution is -0.132. The maximum atomic E-state index is 11.7. The van der Waals surface area contributed by atoms with Crippen molar-refractivity contribution < 1.29 is 23.9 Å². The van der Waals surface area contributed by atoms with Gasteiger partial charge in [-0.05, 0) is 50.1 Å². The summed E-state index contributed by atoms with van der Waals surface area (Å²) in [6.45, 7) is 6.68. The molecule has 34 heavy (non-hydrogen) atoms. The van der Waals surface area contributed by atoms with Crippen LogP contribution >= 0.6 is 0 Å². The van der Waals surface area contributed by atoms with Crippen molar-refractivity contribution in [1.82, 2.24) is 10.5 Å². The Morgan fingerprint density at radius 3 is 2.50 bits per heavy atom. The molecule has 0 aliphatic carbocycles. The van der Waals surface area contributed by atoms with E-state index in [1.54, 1.807) is 6.92 Å². The summed E-state index contributed by atoms with van der Waals surface area (Å²) < 4.78 is 11.7. The highest BCUT2D eigenvalue weighted by Gasteiger charge is 2.14. The van der Waals surface area contributed by atoms with Crippen LogP contribution in [0.25, 0.3) is 11.5 Å². The summed E-state index contributed by atoms with van der Waals surface area (Å²) in [5, 5.41) is 9.59. The van der Waals surface area contributed by atoms with Gasteiger partial charge in [-0.3, -0.25) is 10.3 Å². The number of aromatic nitrogens is 1. The molecule has 0 aliphatic heterocycles. The van der Waals surface area contributed by atoms with Crippen molar-refractivity contribution in [3.63, 3.8) is 0 Å². The molecule has 1 aromatic heterocycles. The molecule has 0 bridgehead atoms. The number of carboxylic acids is 1. The number of carboxylic acid groups (broad SMARTS) is 1. The number of allylic oxidation sites excluding steroid dienone is 1. The van der Waals surface area contributed by atoms with Crippen LogP contribution < -0.4 is 10.2 Å². The van der Waals surface area contributed by atoms with E-state index in [-0.39, 0.29) is 12.0 Å². The van der Waals surface area contributed by atoms with Gasteiger partial charge in [0.05, 0.1) is 24.5 Å². The van der Waals surface area contributed by atoms with Crippen molar-refractivity contribution in [3.05, 3.63) is 82.9 Å². The average Bonchev–Trinajstić information content (AvgIpc) is 3.22. The van der Waals surface area contributed by atoms with Gasteiger partial charge in [0.15, 0.2) is 0 Å². The van der Waals surface area contributed by atoms with Gasteiger partial charge in [-0.25, -0.2) is 9.78 Å². The van der Waals surface area contributed by atoms with Crippen molar-refractivity contribution in [2.24, 2.45) is 0 Å². The molecule has 1 heterocycles. The minimum Gasteiger partial charge on any atom is -0.493 e. The van der Waals surface area contributed by atoms with E-state index >= 15 is 0 Å². The number of rotatable bonds is 13. The van der Waals surface area contributed by atoms with E-state index in [0.717, 1.165) is 35.4 Å². The maximum Gasteiger partial charge on any atom is 0.333 e. The SMILES string of the molecule is CCCCONC(C)=C(Cc1ccc(OCCc2nc(-c3ccccc3)oc2C)cc1)C(=O)O.